The number of aromatic nitrogens is 1. The van der Waals surface area contributed by atoms with E-state index in [1.807, 2.05) is 30.3 Å². The van der Waals surface area contributed by atoms with E-state index in [9.17, 15) is 0 Å². The summed E-state index contributed by atoms with van der Waals surface area (Å²) in [5.41, 5.74) is 6.58. The first kappa shape index (κ1) is 12.4. The Kier molecular flexibility index (Phi) is 4.15. The van der Waals surface area contributed by atoms with Crippen molar-refractivity contribution >= 4 is 0 Å². The summed E-state index contributed by atoms with van der Waals surface area (Å²) in [6.07, 6.45) is 4.27. The molecule has 0 aliphatic heterocycles. The number of pyridine rings is 1. The highest BCUT2D eigenvalue weighted by molar-refractivity contribution is 5.36. The van der Waals surface area contributed by atoms with E-state index in [4.69, 9.17) is 15.2 Å². The lowest BCUT2D eigenvalue weighted by molar-refractivity contribution is 0.409. The van der Waals surface area contributed by atoms with Crippen LogP contribution in [0.5, 0.6) is 17.2 Å². The van der Waals surface area contributed by atoms with Crippen molar-refractivity contribution in [3.63, 3.8) is 0 Å². The van der Waals surface area contributed by atoms with Crippen molar-refractivity contribution < 1.29 is 9.47 Å². The fourth-order valence-electron chi connectivity index (χ4n) is 1.62. The van der Waals surface area contributed by atoms with E-state index in [1.54, 1.807) is 19.5 Å². The molecule has 0 spiro atoms. The fraction of sp³-hybridized carbons (Fsp3) is 0.214. The number of nitrogens with zero attached hydrogens (tertiary/aromatic N) is 1. The van der Waals surface area contributed by atoms with Gasteiger partial charge in [0.2, 0.25) is 0 Å². The summed E-state index contributed by atoms with van der Waals surface area (Å²) < 4.78 is 10.9. The summed E-state index contributed by atoms with van der Waals surface area (Å²) in [7, 11) is 1.63. The van der Waals surface area contributed by atoms with Gasteiger partial charge in [0.05, 0.1) is 13.3 Å². The molecule has 1 heterocycles. The van der Waals surface area contributed by atoms with Crippen molar-refractivity contribution in [2.45, 2.75) is 6.42 Å². The molecule has 0 aliphatic carbocycles. The van der Waals surface area contributed by atoms with E-state index in [-0.39, 0.29) is 0 Å². The molecule has 18 heavy (non-hydrogen) atoms. The lowest BCUT2D eigenvalue weighted by Crippen LogP contribution is -2.03. The second-order valence-corrected chi connectivity index (χ2v) is 3.85. The number of hydrogen-bond acceptors (Lipinski definition) is 4. The second-order valence-electron chi connectivity index (χ2n) is 3.85. The van der Waals surface area contributed by atoms with Gasteiger partial charge < -0.3 is 15.2 Å². The van der Waals surface area contributed by atoms with Crippen LogP contribution >= 0.6 is 0 Å². The molecule has 4 heteroatoms. The maximum atomic E-state index is 5.72. The van der Waals surface area contributed by atoms with Crippen LogP contribution in [-0.2, 0) is 6.42 Å². The molecule has 94 valence electrons. The smallest absolute Gasteiger partial charge is 0.145 e. The van der Waals surface area contributed by atoms with Crippen LogP contribution in [0.15, 0.2) is 42.7 Å². The molecule has 0 atom stereocenters. The quantitative estimate of drug-likeness (QED) is 0.877. The molecule has 0 radical (unpaired) electrons. The van der Waals surface area contributed by atoms with E-state index in [0.29, 0.717) is 12.3 Å². The zero-order valence-corrected chi connectivity index (χ0v) is 10.3. The molecule has 0 fully saturated rings. The summed E-state index contributed by atoms with van der Waals surface area (Å²) in [5.74, 6) is 2.19. The Morgan fingerprint density at radius 2 is 1.94 bits per heavy atom. The number of ether oxygens (including phenoxy) is 2. The molecule has 0 unspecified atom stereocenters. The molecule has 0 aliphatic rings. The number of methoxy groups -OCH3 is 1. The minimum absolute atomic E-state index is 0.601. The van der Waals surface area contributed by atoms with E-state index in [1.165, 1.54) is 0 Å². The van der Waals surface area contributed by atoms with Crippen molar-refractivity contribution in [3.8, 4) is 17.2 Å². The van der Waals surface area contributed by atoms with Gasteiger partial charge in [-0.1, -0.05) is 6.07 Å². The standard InChI is InChI=1S/C14H16N2O2/c1-17-12-3-2-4-13(8-12)18-14-7-11(5-6-15)9-16-10-14/h2-4,7-10H,5-6,15H2,1H3. The maximum Gasteiger partial charge on any atom is 0.145 e. The van der Waals surface area contributed by atoms with Gasteiger partial charge in [0.15, 0.2) is 0 Å². The average molecular weight is 244 g/mol. The van der Waals surface area contributed by atoms with Crippen LogP contribution in [0.25, 0.3) is 0 Å². The molecular weight excluding hydrogens is 228 g/mol. The van der Waals surface area contributed by atoms with Crippen LogP contribution < -0.4 is 15.2 Å². The van der Waals surface area contributed by atoms with Crippen molar-refractivity contribution in [2.75, 3.05) is 13.7 Å². The third kappa shape index (κ3) is 3.21. The highest BCUT2D eigenvalue weighted by atomic mass is 16.5. The van der Waals surface area contributed by atoms with Crippen LogP contribution in [0.4, 0.5) is 0 Å². The normalized spacial score (nSPS) is 10.1. The van der Waals surface area contributed by atoms with E-state index in [0.717, 1.165) is 23.5 Å². The van der Waals surface area contributed by atoms with Gasteiger partial charge in [-0.15, -0.1) is 0 Å². The number of nitrogens with two attached hydrogens (primary N) is 1. The Morgan fingerprint density at radius 1 is 1.11 bits per heavy atom. The summed E-state index contributed by atoms with van der Waals surface area (Å²) in [5, 5.41) is 0. The zero-order valence-electron chi connectivity index (χ0n) is 10.3. The third-order valence-electron chi connectivity index (χ3n) is 2.48. The summed E-state index contributed by atoms with van der Waals surface area (Å²) in [6.45, 7) is 0.601. The van der Waals surface area contributed by atoms with E-state index in [2.05, 4.69) is 4.98 Å². The Balaban J connectivity index is 2.14. The van der Waals surface area contributed by atoms with Crippen molar-refractivity contribution in [2.24, 2.45) is 5.73 Å². The molecule has 1 aromatic carbocycles. The Bertz CT molecular complexity index is 515. The first-order chi connectivity index (χ1) is 8.81. The summed E-state index contributed by atoms with van der Waals surface area (Å²) >= 11 is 0. The zero-order chi connectivity index (χ0) is 12.8. The van der Waals surface area contributed by atoms with Crippen LogP contribution in [-0.4, -0.2) is 18.6 Å². The van der Waals surface area contributed by atoms with Crippen molar-refractivity contribution in [3.05, 3.63) is 48.3 Å². The molecule has 1 aromatic heterocycles. The molecule has 0 bridgehead atoms. The van der Waals surface area contributed by atoms with Crippen molar-refractivity contribution in [1.29, 1.82) is 0 Å². The molecule has 2 N–H and O–H groups in total. The van der Waals surface area contributed by atoms with Crippen LogP contribution in [0.3, 0.4) is 0 Å². The highest BCUT2D eigenvalue weighted by Crippen LogP contribution is 2.25. The van der Waals surface area contributed by atoms with Crippen LogP contribution in [0.2, 0.25) is 0 Å². The van der Waals surface area contributed by atoms with Gasteiger partial charge in [-0.2, -0.15) is 0 Å². The molecule has 0 saturated heterocycles. The molecule has 0 amide bonds. The first-order valence-electron chi connectivity index (χ1n) is 5.77. The van der Waals surface area contributed by atoms with Gasteiger partial charge in [0.25, 0.3) is 0 Å². The molecule has 4 nitrogen and oxygen atoms in total. The Morgan fingerprint density at radius 3 is 2.72 bits per heavy atom. The Labute approximate surface area is 106 Å². The topological polar surface area (TPSA) is 57.4 Å². The average Bonchev–Trinajstić information content (AvgIpc) is 2.40. The van der Waals surface area contributed by atoms with Gasteiger partial charge in [-0.05, 0) is 36.7 Å². The summed E-state index contributed by atoms with van der Waals surface area (Å²) in [6, 6.07) is 9.40. The monoisotopic (exact) mass is 244 g/mol. The second kappa shape index (κ2) is 6.02. The van der Waals surface area contributed by atoms with E-state index >= 15 is 0 Å². The lowest BCUT2D eigenvalue weighted by atomic mass is 10.2. The van der Waals surface area contributed by atoms with Crippen molar-refractivity contribution in [1.82, 2.24) is 4.98 Å². The molecule has 2 rings (SSSR count). The largest absolute Gasteiger partial charge is 0.497 e. The summed E-state index contributed by atoms with van der Waals surface area (Å²) in [4.78, 5) is 4.13. The number of benzene rings is 1. The predicted octanol–water partition coefficient (Wildman–Crippen LogP) is 2.38. The highest BCUT2D eigenvalue weighted by Gasteiger charge is 2.01. The molecular formula is C14H16N2O2. The van der Waals surface area contributed by atoms with Gasteiger partial charge in [-0.25, -0.2) is 0 Å². The molecule has 0 saturated carbocycles. The predicted molar refractivity (Wildman–Crippen MR) is 70.1 cm³/mol. The molecule has 2 aromatic rings. The minimum atomic E-state index is 0.601. The minimum Gasteiger partial charge on any atom is -0.497 e. The fourth-order valence-corrected chi connectivity index (χ4v) is 1.62. The maximum absolute atomic E-state index is 5.72. The lowest BCUT2D eigenvalue weighted by Gasteiger charge is -2.08. The Hall–Kier alpha value is -2.07. The van der Waals surface area contributed by atoms with Gasteiger partial charge in [0, 0.05) is 12.3 Å². The number of rotatable bonds is 5. The number of hydrogen-bond donors (Lipinski definition) is 1. The SMILES string of the molecule is COc1cccc(Oc2cncc(CCN)c2)c1. The van der Waals surface area contributed by atoms with Gasteiger partial charge in [0.1, 0.15) is 17.2 Å². The van der Waals surface area contributed by atoms with Gasteiger partial charge in [-0.3, -0.25) is 4.98 Å². The van der Waals surface area contributed by atoms with Crippen LogP contribution in [0, 0.1) is 0 Å². The first-order valence-corrected chi connectivity index (χ1v) is 5.77. The van der Waals surface area contributed by atoms with Gasteiger partial charge >= 0.3 is 0 Å². The van der Waals surface area contributed by atoms with Crippen LogP contribution in [0.1, 0.15) is 5.56 Å². The van der Waals surface area contributed by atoms with E-state index < -0.39 is 0 Å². The third-order valence-corrected chi connectivity index (χ3v) is 2.48.